The molecule has 80 valence electrons. The molecular weight excluding hydrogens is 180 g/mol. The number of ether oxygens (including phenoxy) is 1. The van der Waals surface area contributed by atoms with Gasteiger partial charge in [0.2, 0.25) is 5.91 Å². The molecule has 1 amide bonds. The summed E-state index contributed by atoms with van der Waals surface area (Å²) in [4.78, 5) is 13.7. The molecule has 0 aliphatic carbocycles. The van der Waals surface area contributed by atoms with Crippen LogP contribution in [0.15, 0.2) is 0 Å². The molecule has 0 unspecified atom stereocenters. The summed E-state index contributed by atoms with van der Waals surface area (Å²) in [5.41, 5.74) is 5.78. The van der Waals surface area contributed by atoms with Gasteiger partial charge in [-0.2, -0.15) is 0 Å². The van der Waals surface area contributed by atoms with Crippen molar-refractivity contribution in [3.05, 3.63) is 0 Å². The van der Waals surface area contributed by atoms with E-state index in [9.17, 15) is 4.79 Å². The molecule has 2 aliphatic rings. The fourth-order valence-electron chi connectivity index (χ4n) is 1.93. The lowest BCUT2D eigenvalue weighted by molar-refractivity contribution is -0.137. The Labute approximate surface area is 84.4 Å². The second-order valence-corrected chi connectivity index (χ2v) is 4.33. The van der Waals surface area contributed by atoms with Crippen LogP contribution in [0.1, 0.15) is 19.3 Å². The van der Waals surface area contributed by atoms with Crippen LogP contribution in [-0.2, 0) is 9.53 Å². The molecule has 2 N–H and O–H groups in total. The van der Waals surface area contributed by atoms with Gasteiger partial charge in [-0.15, -0.1) is 0 Å². The molecule has 0 bridgehead atoms. The molecule has 2 fully saturated rings. The molecular formula is C10H18N2O2. The normalized spacial score (nSPS) is 24.8. The van der Waals surface area contributed by atoms with E-state index >= 15 is 0 Å². The lowest BCUT2D eigenvalue weighted by Gasteiger charge is -2.33. The molecule has 2 saturated heterocycles. The SMILES string of the molecule is NC1CCN(C(=O)CC2COC2)CC1. The predicted molar refractivity (Wildman–Crippen MR) is 52.7 cm³/mol. The number of likely N-dealkylation sites (tertiary alicyclic amines) is 1. The first-order valence-corrected chi connectivity index (χ1v) is 5.37. The van der Waals surface area contributed by atoms with Crippen molar-refractivity contribution in [2.75, 3.05) is 26.3 Å². The summed E-state index contributed by atoms with van der Waals surface area (Å²) < 4.78 is 5.05. The Kier molecular flexibility index (Phi) is 3.03. The van der Waals surface area contributed by atoms with Gasteiger partial charge >= 0.3 is 0 Å². The summed E-state index contributed by atoms with van der Waals surface area (Å²) in [6.07, 6.45) is 2.56. The highest BCUT2D eigenvalue weighted by Gasteiger charge is 2.26. The maximum Gasteiger partial charge on any atom is 0.223 e. The quantitative estimate of drug-likeness (QED) is 0.678. The van der Waals surface area contributed by atoms with E-state index in [1.807, 2.05) is 4.90 Å². The number of carbonyl (C=O) groups is 1. The zero-order valence-electron chi connectivity index (χ0n) is 8.45. The van der Waals surface area contributed by atoms with Gasteiger partial charge < -0.3 is 15.4 Å². The largest absolute Gasteiger partial charge is 0.381 e. The lowest BCUT2D eigenvalue weighted by Crippen LogP contribution is -2.44. The monoisotopic (exact) mass is 198 g/mol. The average Bonchev–Trinajstić information content (AvgIpc) is 2.12. The molecule has 2 rings (SSSR count). The highest BCUT2D eigenvalue weighted by molar-refractivity contribution is 5.76. The second-order valence-electron chi connectivity index (χ2n) is 4.33. The summed E-state index contributed by atoms with van der Waals surface area (Å²) in [5.74, 6) is 0.753. The second kappa shape index (κ2) is 4.28. The Morgan fingerprint density at radius 3 is 2.50 bits per heavy atom. The highest BCUT2D eigenvalue weighted by Crippen LogP contribution is 2.17. The van der Waals surface area contributed by atoms with Gasteiger partial charge in [0.15, 0.2) is 0 Å². The zero-order chi connectivity index (χ0) is 9.97. The summed E-state index contributed by atoms with van der Waals surface area (Å²) in [7, 11) is 0. The van der Waals surface area contributed by atoms with E-state index in [1.165, 1.54) is 0 Å². The van der Waals surface area contributed by atoms with E-state index in [0.29, 0.717) is 18.4 Å². The minimum Gasteiger partial charge on any atom is -0.381 e. The molecule has 0 atom stereocenters. The standard InChI is InChI=1S/C10H18N2O2/c11-9-1-3-12(4-2-9)10(13)5-8-6-14-7-8/h8-9H,1-7,11H2. The van der Waals surface area contributed by atoms with Crippen LogP contribution >= 0.6 is 0 Å². The summed E-state index contributed by atoms with van der Waals surface area (Å²) in [6.45, 7) is 3.21. The Hall–Kier alpha value is -0.610. The van der Waals surface area contributed by atoms with E-state index in [4.69, 9.17) is 10.5 Å². The molecule has 0 aromatic heterocycles. The fraction of sp³-hybridized carbons (Fsp3) is 0.900. The van der Waals surface area contributed by atoms with Crippen molar-refractivity contribution < 1.29 is 9.53 Å². The van der Waals surface area contributed by atoms with Crippen molar-refractivity contribution in [3.63, 3.8) is 0 Å². The molecule has 0 radical (unpaired) electrons. The number of amides is 1. The number of carbonyl (C=O) groups excluding carboxylic acids is 1. The van der Waals surface area contributed by atoms with E-state index in [-0.39, 0.29) is 5.91 Å². The van der Waals surface area contributed by atoms with E-state index in [0.717, 1.165) is 39.1 Å². The Morgan fingerprint density at radius 1 is 1.36 bits per heavy atom. The van der Waals surface area contributed by atoms with Crippen LogP contribution in [0.25, 0.3) is 0 Å². The molecule has 2 aliphatic heterocycles. The van der Waals surface area contributed by atoms with Gasteiger partial charge in [0, 0.05) is 31.5 Å². The summed E-state index contributed by atoms with van der Waals surface area (Å²) >= 11 is 0. The molecule has 14 heavy (non-hydrogen) atoms. The number of nitrogens with two attached hydrogens (primary N) is 1. The molecule has 0 spiro atoms. The average molecular weight is 198 g/mol. The van der Waals surface area contributed by atoms with Gasteiger partial charge in [0.05, 0.1) is 13.2 Å². The van der Waals surface area contributed by atoms with Crippen LogP contribution in [-0.4, -0.2) is 43.2 Å². The van der Waals surface area contributed by atoms with Gasteiger partial charge in [-0.1, -0.05) is 0 Å². The number of rotatable bonds is 2. The number of nitrogens with zero attached hydrogens (tertiary/aromatic N) is 1. The minimum absolute atomic E-state index is 0.283. The van der Waals surface area contributed by atoms with Crippen molar-refractivity contribution in [2.24, 2.45) is 11.7 Å². The van der Waals surface area contributed by atoms with E-state index in [2.05, 4.69) is 0 Å². The van der Waals surface area contributed by atoms with Crippen LogP contribution < -0.4 is 5.73 Å². The van der Waals surface area contributed by atoms with Gasteiger partial charge in [-0.05, 0) is 12.8 Å². The molecule has 2 heterocycles. The number of hydrogen-bond acceptors (Lipinski definition) is 3. The molecule has 4 heteroatoms. The Balaban J connectivity index is 1.74. The smallest absolute Gasteiger partial charge is 0.223 e. The topological polar surface area (TPSA) is 55.6 Å². The zero-order valence-corrected chi connectivity index (χ0v) is 8.45. The van der Waals surface area contributed by atoms with Gasteiger partial charge in [0.1, 0.15) is 0 Å². The molecule has 4 nitrogen and oxygen atoms in total. The van der Waals surface area contributed by atoms with Gasteiger partial charge in [-0.25, -0.2) is 0 Å². The first-order valence-electron chi connectivity index (χ1n) is 5.37. The molecule has 0 saturated carbocycles. The van der Waals surface area contributed by atoms with Crippen molar-refractivity contribution in [2.45, 2.75) is 25.3 Å². The predicted octanol–water partition coefficient (Wildman–Crippen LogP) is -0.0274. The maximum atomic E-state index is 11.7. The fourth-order valence-corrected chi connectivity index (χ4v) is 1.93. The third-order valence-corrected chi connectivity index (χ3v) is 3.06. The Bertz CT molecular complexity index is 208. The minimum atomic E-state index is 0.283. The lowest BCUT2D eigenvalue weighted by atomic mass is 10.0. The van der Waals surface area contributed by atoms with Crippen LogP contribution in [0.4, 0.5) is 0 Å². The highest BCUT2D eigenvalue weighted by atomic mass is 16.5. The number of piperidine rings is 1. The van der Waals surface area contributed by atoms with Crippen LogP contribution in [0, 0.1) is 5.92 Å². The molecule has 0 aromatic rings. The van der Waals surface area contributed by atoms with Gasteiger partial charge in [0.25, 0.3) is 0 Å². The van der Waals surface area contributed by atoms with E-state index < -0.39 is 0 Å². The third kappa shape index (κ3) is 2.25. The van der Waals surface area contributed by atoms with Crippen LogP contribution in [0.5, 0.6) is 0 Å². The summed E-state index contributed by atoms with van der Waals surface area (Å²) in [5, 5.41) is 0. The van der Waals surface area contributed by atoms with Crippen molar-refractivity contribution in [1.82, 2.24) is 4.90 Å². The van der Waals surface area contributed by atoms with Crippen molar-refractivity contribution in [3.8, 4) is 0 Å². The van der Waals surface area contributed by atoms with Crippen molar-refractivity contribution in [1.29, 1.82) is 0 Å². The van der Waals surface area contributed by atoms with Crippen LogP contribution in [0.3, 0.4) is 0 Å². The van der Waals surface area contributed by atoms with Gasteiger partial charge in [-0.3, -0.25) is 4.79 Å². The van der Waals surface area contributed by atoms with E-state index in [1.54, 1.807) is 0 Å². The first kappa shape index (κ1) is 9.93. The summed E-state index contributed by atoms with van der Waals surface area (Å²) in [6, 6.07) is 0.297. The Morgan fingerprint density at radius 2 is 2.00 bits per heavy atom. The van der Waals surface area contributed by atoms with Crippen LogP contribution in [0.2, 0.25) is 0 Å². The number of hydrogen-bond donors (Lipinski definition) is 1. The third-order valence-electron chi connectivity index (χ3n) is 3.06. The molecule has 0 aromatic carbocycles. The maximum absolute atomic E-state index is 11.7. The van der Waals surface area contributed by atoms with Crippen molar-refractivity contribution >= 4 is 5.91 Å². The first-order chi connectivity index (χ1) is 6.75.